The fourth-order valence-corrected chi connectivity index (χ4v) is 3.96. The van der Waals surface area contributed by atoms with Crippen LogP contribution in [0.15, 0.2) is 11.3 Å². The Bertz CT molecular complexity index is 547. The predicted octanol–water partition coefficient (Wildman–Crippen LogP) is 1.68. The highest BCUT2D eigenvalue weighted by atomic mass is 35.5. The molecule has 0 aromatic rings. The Kier molecular flexibility index (Phi) is 3.47. The summed E-state index contributed by atoms with van der Waals surface area (Å²) in [6.07, 6.45) is -0.358. The Morgan fingerprint density at radius 2 is 2.00 bits per heavy atom. The van der Waals surface area contributed by atoms with Crippen LogP contribution in [0.3, 0.4) is 0 Å². The molecule has 0 spiro atoms. The van der Waals surface area contributed by atoms with Crippen LogP contribution in [0.5, 0.6) is 0 Å². The Labute approximate surface area is 135 Å². The van der Waals surface area contributed by atoms with Crippen molar-refractivity contribution in [1.82, 2.24) is 0 Å². The molecule has 124 valence electrons. The number of ether oxygens (including phenoxy) is 2. The van der Waals surface area contributed by atoms with Gasteiger partial charge >= 0.3 is 0 Å². The first-order chi connectivity index (χ1) is 9.94. The number of fused-ring (bicyclic) bond motifs is 1. The lowest BCUT2D eigenvalue weighted by Crippen LogP contribution is -2.54. The third kappa shape index (κ3) is 2.39. The van der Waals surface area contributed by atoms with Gasteiger partial charge in [-0.1, -0.05) is 0 Å². The molecule has 3 aliphatic rings. The molecule has 1 fully saturated rings. The Morgan fingerprint density at radius 1 is 1.36 bits per heavy atom. The van der Waals surface area contributed by atoms with E-state index in [2.05, 4.69) is 0 Å². The zero-order chi connectivity index (χ0) is 16.5. The van der Waals surface area contributed by atoms with Gasteiger partial charge in [0.2, 0.25) is 0 Å². The van der Waals surface area contributed by atoms with Crippen molar-refractivity contribution >= 4 is 17.4 Å². The minimum absolute atomic E-state index is 0.00532. The zero-order valence-corrected chi connectivity index (χ0v) is 14.1. The van der Waals surface area contributed by atoms with Gasteiger partial charge in [-0.25, -0.2) is 0 Å². The van der Waals surface area contributed by atoms with Gasteiger partial charge in [0.15, 0.2) is 5.78 Å². The highest BCUT2D eigenvalue weighted by Gasteiger charge is 2.60. The van der Waals surface area contributed by atoms with E-state index in [1.165, 1.54) is 0 Å². The number of Topliss-reactive ketones (excluding diaryl/α,β-unsaturated/α-hetero) is 1. The highest BCUT2D eigenvalue weighted by molar-refractivity contribution is 6.24. The summed E-state index contributed by atoms with van der Waals surface area (Å²) in [6, 6.07) is 0. The minimum atomic E-state index is -1.33. The molecule has 5 nitrogen and oxygen atoms in total. The number of halogens is 1. The maximum absolute atomic E-state index is 12.4. The van der Waals surface area contributed by atoms with E-state index in [0.29, 0.717) is 11.3 Å². The van der Waals surface area contributed by atoms with Crippen LogP contribution < -0.4 is 0 Å². The molecular formula is C16H23ClO5. The standard InChI is InChI=1S/C16H23ClO5/c1-14(2)6-9(18)8-5-10-16(20,13(17)12(8)22-14)7-11(21-10)15(3,4)19/h10-11,13,19-20H,5-7H2,1-4H3/t10-,11+,13-,16-/m0/s1. The van der Waals surface area contributed by atoms with Crippen molar-refractivity contribution in [3.63, 3.8) is 0 Å². The molecule has 0 aromatic carbocycles. The first-order valence-electron chi connectivity index (χ1n) is 7.63. The monoisotopic (exact) mass is 330 g/mol. The molecule has 0 unspecified atom stereocenters. The SMILES string of the molecule is CC1(C)CC(=O)C2=C(O1)[C@H](Cl)[C@]1(O)C[C@H](C(C)(C)O)O[C@H]1C2. The molecule has 2 aliphatic heterocycles. The molecule has 0 bridgehead atoms. The molecule has 3 rings (SSSR count). The first-order valence-corrected chi connectivity index (χ1v) is 8.07. The van der Waals surface area contributed by atoms with Crippen molar-refractivity contribution in [3.05, 3.63) is 11.3 Å². The van der Waals surface area contributed by atoms with E-state index < -0.39 is 34.4 Å². The van der Waals surface area contributed by atoms with Crippen molar-refractivity contribution < 1.29 is 24.5 Å². The van der Waals surface area contributed by atoms with Crippen LogP contribution >= 0.6 is 11.6 Å². The fourth-order valence-electron chi connectivity index (χ4n) is 3.56. The van der Waals surface area contributed by atoms with Crippen LogP contribution in [-0.2, 0) is 14.3 Å². The molecule has 22 heavy (non-hydrogen) atoms. The Morgan fingerprint density at radius 3 is 2.59 bits per heavy atom. The van der Waals surface area contributed by atoms with E-state index in [4.69, 9.17) is 21.1 Å². The number of ketones is 1. The largest absolute Gasteiger partial charge is 0.490 e. The number of alkyl halides is 1. The number of hydrogen-bond donors (Lipinski definition) is 2. The number of rotatable bonds is 1. The van der Waals surface area contributed by atoms with Gasteiger partial charge in [0.05, 0.1) is 24.2 Å². The molecule has 0 saturated carbocycles. The van der Waals surface area contributed by atoms with Crippen LogP contribution in [0.1, 0.15) is 47.0 Å². The quantitative estimate of drug-likeness (QED) is 0.715. The van der Waals surface area contributed by atoms with Gasteiger partial charge in [0, 0.05) is 18.4 Å². The summed E-state index contributed by atoms with van der Waals surface area (Å²) in [6.45, 7) is 6.94. The van der Waals surface area contributed by atoms with Gasteiger partial charge in [-0.05, 0) is 27.7 Å². The van der Waals surface area contributed by atoms with Gasteiger partial charge in [-0.3, -0.25) is 4.79 Å². The van der Waals surface area contributed by atoms with Gasteiger partial charge in [0.1, 0.15) is 22.3 Å². The molecule has 0 amide bonds. The maximum atomic E-state index is 12.4. The third-order valence-electron chi connectivity index (χ3n) is 4.85. The molecule has 4 atom stereocenters. The van der Waals surface area contributed by atoms with E-state index in [-0.39, 0.29) is 25.0 Å². The van der Waals surface area contributed by atoms with Gasteiger partial charge in [-0.15, -0.1) is 11.6 Å². The maximum Gasteiger partial charge on any atom is 0.166 e. The van der Waals surface area contributed by atoms with Crippen molar-refractivity contribution in [2.24, 2.45) is 0 Å². The fraction of sp³-hybridized carbons (Fsp3) is 0.812. The molecule has 1 saturated heterocycles. The average molecular weight is 331 g/mol. The van der Waals surface area contributed by atoms with Crippen LogP contribution in [0.25, 0.3) is 0 Å². The summed E-state index contributed by atoms with van der Waals surface area (Å²) in [4.78, 5) is 12.4. The normalized spacial score (nSPS) is 41.0. The lowest BCUT2D eigenvalue weighted by Gasteiger charge is -2.44. The molecule has 6 heteroatoms. The smallest absolute Gasteiger partial charge is 0.166 e. The molecular weight excluding hydrogens is 308 g/mol. The van der Waals surface area contributed by atoms with E-state index in [1.807, 2.05) is 13.8 Å². The molecule has 2 heterocycles. The van der Waals surface area contributed by atoms with Crippen molar-refractivity contribution in [2.75, 3.05) is 0 Å². The first kappa shape index (κ1) is 16.2. The van der Waals surface area contributed by atoms with E-state index in [9.17, 15) is 15.0 Å². The average Bonchev–Trinajstić information content (AvgIpc) is 2.69. The van der Waals surface area contributed by atoms with Gasteiger partial charge in [0.25, 0.3) is 0 Å². The summed E-state index contributed by atoms with van der Waals surface area (Å²) in [5.74, 6) is 0.371. The number of hydrogen-bond acceptors (Lipinski definition) is 5. The summed E-state index contributed by atoms with van der Waals surface area (Å²) < 4.78 is 11.7. The topological polar surface area (TPSA) is 76.0 Å². The van der Waals surface area contributed by atoms with Crippen LogP contribution in [0.4, 0.5) is 0 Å². The second kappa shape index (κ2) is 4.69. The molecule has 1 aliphatic carbocycles. The van der Waals surface area contributed by atoms with Crippen molar-refractivity contribution in [3.8, 4) is 0 Å². The minimum Gasteiger partial charge on any atom is -0.490 e. The number of carbonyl (C=O) groups excluding carboxylic acids is 1. The Hall–Kier alpha value is -0.620. The van der Waals surface area contributed by atoms with Crippen LogP contribution in [0, 0.1) is 0 Å². The zero-order valence-electron chi connectivity index (χ0n) is 13.4. The molecule has 0 aromatic heterocycles. The van der Waals surface area contributed by atoms with E-state index in [1.54, 1.807) is 13.8 Å². The summed E-state index contributed by atoms with van der Waals surface area (Å²) in [5, 5.41) is 20.3. The van der Waals surface area contributed by atoms with Crippen molar-refractivity contribution in [2.45, 2.75) is 81.3 Å². The number of carbonyl (C=O) groups is 1. The van der Waals surface area contributed by atoms with E-state index >= 15 is 0 Å². The van der Waals surface area contributed by atoms with Crippen molar-refractivity contribution in [1.29, 1.82) is 0 Å². The van der Waals surface area contributed by atoms with Crippen LogP contribution in [-0.4, -0.2) is 50.4 Å². The predicted molar refractivity (Wildman–Crippen MR) is 80.6 cm³/mol. The molecule has 0 radical (unpaired) electrons. The second-order valence-electron chi connectivity index (χ2n) is 7.83. The van der Waals surface area contributed by atoms with Crippen LogP contribution in [0.2, 0.25) is 0 Å². The summed E-state index contributed by atoms with van der Waals surface area (Å²) >= 11 is 6.49. The lowest BCUT2D eigenvalue weighted by atomic mass is 9.75. The Balaban J connectivity index is 1.96. The van der Waals surface area contributed by atoms with Gasteiger partial charge < -0.3 is 19.7 Å². The summed E-state index contributed by atoms with van der Waals surface area (Å²) in [5.41, 5.74) is -2.53. The summed E-state index contributed by atoms with van der Waals surface area (Å²) in [7, 11) is 0. The lowest BCUT2D eigenvalue weighted by molar-refractivity contribution is -0.131. The highest BCUT2D eigenvalue weighted by Crippen LogP contribution is 2.50. The second-order valence-corrected chi connectivity index (χ2v) is 8.27. The third-order valence-corrected chi connectivity index (χ3v) is 5.43. The molecule has 2 N–H and O–H groups in total. The number of aliphatic hydroxyl groups is 2. The van der Waals surface area contributed by atoms with E-state index in [0.717, 1.165) is 0 Å². The van der Waals surface area contributed by atoms with Gasteiger partial charge in [-0.2, -0.15) is 0 Å².